The largest absolute Gasteiger partial charge is 0.371 e. The van der Waals surface area contributed by atoms with Crippen molar-refractivity contribution in [3.8, 4) is 0 Å². The molecule has 0 aromatic heterocycles. The Morgan fingerprint density at radius 1 is 1.26 bits per heavy atom. The second-order valence-corrected chi connectivity index (χ2v) is 6.04. The van der Waals surface area contributed by atoms with E-state index in [1.54, 1.807) is 0 Å². The van der Waals surface area contributed by atoms with Gasteiger partial charge < -0.3 is 14.6 Å². The van der Waals surface area contributed by atoms with Gasteiger partial charge in [-0.2, -0.15) is 0 Å². The van der Waals surface area contributed by atoms with Crippen LogP contribution in [0.3, 0.4) is 0 Å². The average molecular weight is 262 g/mol. The van der Waals surface area contributed by atoms with E-state index in [2.05, 4.69) is 19.1 Å². The van der Waals surface area contributed by atoms with E-state index in [-0.39, 0.29) is 11.7 Å². The zero-order valence-electron chi connectivity index (χ0n) is 11.5. The lowest BCUT2D eigenvalue weighted by Gasteiger charge is -2.52. The molecule has 0 saturated carbocycles. The lowest BCUT2D eigenvalue weighted by molar-refractivity contribution is -0.340. The van der Waals surface area contributed by atoms with Gasteiger partial charge in [0.15, 0.2) is 5.79 Å². The van der Waals surface area contributed by atoms with Gasteiger partial charge in [-0.1, -0.05) is 30.3 Å². The summed E-state index contributed by atoms with van der Waals surface area (Å²) in [6, 6.07) is 10.2. The van der Waals surface area contributed by atoms with Crippen LogP contribution in [-0.4, -0.2) is 22.6 Å². The van der Waals surface area contributed by atoms with Gasteiger partial charge in [0.2, 0.25) is 0 Å². The predicted molar refractivity (Wildman–Crippen MR) is 72.5 cm³/mol. The van der Waals surface area contributed by atoms with Crippen molar-refractivity contribution >= 4 is 0 Å². The van der Waals surface area contributed by atoms with Gasteiger partial charge in [-0.15, -0.1) is 0 Å². The molecule has 1 aromatic rings. The zero-order valence-corrected chi connectivity index (χ0v) is 11.5. The SMILES string of the molecule is C[C@@]12CCC[C@@](O)(CCC1OCc1ccccc1)O2. The summed E-state index contributed by atoms with van der Waals surface area (Å²) in [7, 11) is 0. The van der Waals surface area contributed by atoms with Crippen LogP contribution in [0.5, 0.6) is 0 Å². The fourth-order valence-corrected chi connectivity index (χ4v) is 3.35. The highest BCUT2D eigenvalue weighted by Gasteiger charge is 2.51. The van der Waals surface area contributed by atoms with E-state index in [4.69, 9.17) is 9.47 Å². The van der Waals surface area contributed by atoms with E-state index in [0.717, 1.165) is 25.7 Å². The topological polar surface area (TPSA) is 38.7 Å². The van der Waals surface area contributed by atoms with Crippen molar-refractivity contribution in [1.82, 2.24) is 0 Å². The molecule has 0 aliphatic carbocycles. The van der Waals surface area contributed by atoms with Crippen LogP contribution in [-0.2, 0) is 16.1 Å². The molecule has 3 nitrogen and oxygen atoms in total. The molecule has 1 unspecified atom stereocenters. The Labute approximate surface area is 114 Å². The van der Waals surface area contributed by atoms with Crippen molar-refractivity contribution in [3.05, 3.63) is 35.9 Å². The van der Waals surface area contributed by atoms with E-state index in [0.29, 0.717) is 13.0 Å². The standard InChI is InChI=1S/C16H22O3/c1-15-9-5-10-16(17,19-15)11-8-14(15)18-12-13-6-3-2-4-7-13/h2-4,6-7,14,17H,5,8-12H2,1H3/t14?,15-,16+/m1/s1. The Morgan fingerprint density at radius 2 is 2.05 bits per heavy atom. The molecule has 1 N–H and O–H groups in total. The molecule has 2 heterocycles. The number of rotatable bonds is 3. The maximum atomic E-state index is 10.3. The van der Waals surface area contributed by atoms with Gasteiger partial charge in [0.05, 0.1) is 18.3 Å². The third-order valence-corrected chi connectivity index (χ3v) is 4.44. The Balaban J connectivity index is 1.65. The number of benzene rings is 1. The van der Waals surface area contributed by atoms with Crippen LogP contribution in [0, 0.1) is 0 Å². The van der Waals surface area contributed by atoms with Gasteiger partial charge >= 0.3 is 0 Å². The van der Waals surface area contributed by atoms with Gasteiger partial charge in [-0.25, -0.2) is 0 Å². The number of hydrogen-bond donors (Lipinski definition) is 1. The summed E-state index contributed by atoms with van der Waals surface area (Å²) in [5.41, 5.74) is 0.850. The molecule has 3 atom stereocenters. The summed E-state index contributed by atoms with van der Waals surface area (Å²) in [5.74, 6) is -0.903. The van der Waals surface area contributed by atoms with Crippen molar-refractivity contribution in [1.29, 1.82) is 0 Å². The minimum absolute atomic E-state index is 0.0771. The summed E-state index contributed by atoms with van der Waals surface area (Å²) in [4.78, 5) is 0. The first-order valence-electron chi connectivity index (χ1n) is 7.18. The third kappa shape index (κ3) is 2.69. The van der Waals surface area contributed by atoms with E-state index in [1.165, 1.54) is 5.56 Å². The van der Waals surface area contributed by atoms with Gasteiger partial charge in [0.25, 0.3) is 0 Å². The Kier molecular flexibility index (Phi) is 3.37. The van der Waals surface area contributed by atoms with Crippen molar-refractivity contribution in [2.45, 2.75) is 63.1 Å². The van der Waals surface area contributed by atoms with E-state index >= 15 is 0 Å². The summed E-state index contributed by atoms with van der Waals surface area (Å²) in [5, 5.41) is 10.3. The van der Waals surface area contributed by atoms with Crippen LogP contribution in [0.15, 0.2) is 30.3 Å². The molecule has 2 bridgehead atoms. The third-order valence-electron chi connectivity index (χ3n) is 4.44. The van der Waals surface area contributed by atoms with E-state index < -0.39 is 5.79 Å². The molecule has 2 aliphatic rings. The molecule has 2 saturated heterocycles. The summed E-state index contributed by atoms with van der Waals surface area (Å²) in [6.07, 6.45) is 4.37. The molecule has 3 rings (SSSR count). The smallest absolute Gasteiger partial charge is 0.166 e. The highest BCUT2D eigenvalue weighted by atomic mass is 16.7. The number of ether oxygens (including phenoxy) is 2. The van der Waals surface area contributed by atoms with Gasteiger partial charge in [-0.3, -0.25) is 0 Å². The van der Waals surface area contributed by atoms with Crippen LogP contribution in [0.1, 0.15) is 44.6 Å². The van der Waals surface area contributed by atoms with Crippen molar-refractivity contribution in [2.24, 2.45) is 0 Å². The molecule has 0 spiro atoms. The van der Waals surface area contributed by atoms with Crippen molar-refractivity contribution in [2.75, 3.05) is 0 Å². The Morgan fingerprint density at radius 3 is 2.84 bits per heavy atom. The van der Waals surface area contributed by atoms with Crippen LogP contribution >= 0.6 is 0 Å². The molecule has 2 aliphatic heterocycles. The highest BCUT2D eigenvalue weighted by molar-refractivity contribution is 5.13. The lowest BCUT2D eigenvalue weighted by Crippen LogP contribution is -2.58. The Hall–Kier alpha value is -0.900. The van der Waals surface area contributed by atoms with Crippen molar-refractivity contribution in [3.63, 3.8) is 0 Å². The van der Waals surface area contributed by atoms with Gasteiger partial charge in [0, 0.05) is 12.8 Å². The number of aliphatic hydroxyl groups is 1. The maximum absolute atomic E-state index is 10.3. The average Bonchev–Trinajstić information content (AvgIpc) is 2.38. The van der Waals surface area contributed by atoms with Crippen LogP contribution < -0.4 is 0 Å². The molecule has 0 amide bonds. The van der Waals surface area contributed by atoms with Crippen LogP contribution in [0.25, 0.3) is 0 Å². The molecule has 3 heteroatoms. The molecule has 2 fully saturated rings. The minimum Gasteiger partial charge on any atom is -0.371 e. The second-order valence-electron chi connectivity index (χ2n) is 6.04. The summed E-state index contributed by atoms with van der Waals surface area (Å²) < 4.78 is 12.0. The van der Waals surface area contributed by atoms with Crippen LogP contribution in [0.2, 0.25) is 0 Å². The van der Waals surface area contributed by atoms with E-state index in [1.807, 2.05) is 18.2 Å². The van der Waals surface area contributed by atoms with E-state index in [9.17, 15) is 5.11 Å². The quantitative estimate of drug-likeness (QED) is 0.910. The summed E-state index contributed by atoms with van der Waals surface area (Å²) in [6.45, 7) is 2.69. The van der Waals surface area contributed by atoms with Crippen molar-refractivity contribution < 1.29 is 14.6 Å². The van der Waals surface area contributed by atoms with Gasteiger partial charge in [0.1, 0.15) is 0 Å². The molecular weight excluding hydrogens is 240 g/mol. The Bertz CT molecular complexity index is 433. The number of fused-ring (bicyclic) bond motifs is 2. The first-order chi connectivity index (χ1) is 9.10. The van der Waals surface area contributed by atoms with Gasteiger partial charge in [-0.05, 0) is 31.7 Å². The predicted octanol–water partition coefficient (Wildman–Crippen LogP) is 3.01. The fraction of sp³-hybridized carbons (Fsp3) is 0.625. The molecule has 1 aromatic carbocycles. The molecular formula is C16H22O3. The first-order valence-corrected chi connectivity index (χ1v) is 7.18. The highest BCUT2D eigenvalue weighted by Crippen LogP contribution is 2.45. The maximum Gasteiger partial charge on any atom is 0.166 e. The van der Waals surface area contributed by atoms with Crippen LogP contribution in [0.4, 0.5) is 0 Å². The monoisotopic (exact) mass is 262 g/mol. The minimum atomic E-state index is -0.903. The molecule has 0 radical (unpaired) electrons. The number of hydrogen-bond acceptors (Lipinski definition) is 3. The molecule has 19 heavy (non-hydrogen) atoms. The summed E-state index contributed by atoms with van der Waals surface area (Å²) >= 11 is 0. The normalized spacial score (nSPS) is 38.1. The zero-order chi connectivity index (χ0) is 13.3. The second kappa shape index (κ2) is 4.89. The molecule has 104 valence electrons. The first kappa shape index (κ1) is 13.1. The fourth-order valence-electron chi connectivity index (χ4n) is 3.35. The lowest BCUT2D eigenvalue weighted by atomic mass is 9.79.